The van der Waals surface area contributed by atoms with Crippen LogP contribution in [0.1, 0.15) is 10.4 Å². The third-order valence-electron chi connectivity index (χ3n) is 2.11. The average molecular weight is 273 g/mol. The zero-order valence-corrected chi connectivity index (χ0v) is 10.4. The van der Waals surface area contributed by atoms with E-state index < -0.39 is 23.2 Å². The van der Waals surface area contributed by atoms with Gasteiger partial charge in [0.25, 0.3) is 0 Å². The summed E-state index contributed by atoms with van der Waals surface area (Å²) in [6.07, 6.45) is 1.76. The van der Waals surface area contributed by atoms with Crippen LogP contribution in [0.4, 0.5) is 14.5 Å². The number of benzene rings is 1. The van der Waals surface area contributed by atoms with E-state index in [1.807, 2.05) is 0 Å². The molecule has 0 radical (unpaired) electrons. The minimum Gasteiger partial charge on any atom is -0.478 e. The van der Waals surface area contributed by atoms with Gasteiger partial charge in [-0.05, 0) is 12.1 Å². The van der Waals surface area contributed by atoms with Gasteiger partial charge in [0.1, 0.15) is 0 Å². The topological polar surface area (TPSA) is 49.3 Å². The summed E-state index contributed by atoms with van der Waals surface area (Å²) in [6, 6.07) is 2.26. The van der Waals surface area contributed by atoms with E-state index in [4.69, 9.17) is 5.11 Å². The van der Waals surface area contributed by atoms with Gasteiger partial charge in [-0.1, -0.05) is 6.08 Å². The summed E-state index contributed by atoms with van der Waals surface area (Å²) in [4.78, 5) is 10.6. The molecule has 2 N–H and O–H groups in total. The van der Waals surface area contributed by atoms with E-state index in [0.717, 1.165) is 11.8 Å². The number of hydrogen-bond donors (Lipinski definition) is 2. The highest BCUT2D eigenvalue weighted by Crippen LogP contribution is 2.20. The quantitative estimate of drug-likeness (QED) is 0.592. The molecule has 98 valence electrons. The SMILES string of the molecule is C=CCSCCNc1ccc(C(=O)O)c(F)c1F. The van der Waals surface area contributed by atoms with Crippen molar-refractivity contribution in [3.63, 3.8) is 0 Å². The molecule has 0 fully saturated rings. The van der Waals surface area contributed by atoms with E-state index in [2.05, 4.69) is 11.9 Å². The third-order valence-corrected chi connectivity index (χ3v) is 3.07. The van der Waals surface area contributed by atoms with Gasteiger partial charge in [-0.25, -0.2) is 13.6 Å². The summed E-state index contributed by atoms with van der Waals surface area (Å²) in [7, 11) is 0. The summed E-state index contributed by atoms with van der Waals surface area (Å²) in [5, 5.41) is 11.3. The van der Waals surface area contributed by atoms with E-state index in [1.165, 1.54) is 6.07 Å². The van der Waals surface area contributed by atoms with Crippen LogP contribution in [0.5, 0.6) is 0 Å². The zero-order valence-electron chi connectivity index (χ0n) is 9.58. The Hall–Kier alpha value is -1.56. The van der Waals surface area contributed by atoms with Gasteiger partial charge < -0.3 is 10.4 Å². The van der Waals surface area contributed by atoms with Crippen molar-refractivity contribution in [2.24, 2.45) is 0 Å². The largest absolute Gasteiger partial charge is 0.478 e. The fourth-order valence-electron chi connectivity index (χ4n) is 1.28. The summed E-state index contributed by atoms with van der Waals surface area (Å²) < 4.78 is 26.8. The van der Waals surface area contributed by atoms with Gasteiger partial charge >= 0.3 is 5.97 Å². The highest BCUT2D eigenvalue weighted by molar-refractivity contribution is 7.99. The Morgan fingerprint density at radius 2 is 2.17 bits per heavy atom. The first-order valence-electron chi connectivity index (χ1n) is 5.21. The lowest BCUT2D eigenvalue weighted by atomic mass is 10.2. The monoisotopic (exact) mass is 273 g/mol. The molecular formula is C12H13F2NO2S. The molecule has 1 aromatic rings. The first-order valence-corrected chi connectivity index (χ1v) is 6.37. The van der Waals surface area contributed by atoms with E-state index in [-0.39, 0.29) is 5.69 Å². The highest BCUT2D eigenvalue weighted by Gasteiger charge is 2.17. The number of rotatable bonds is 7. The van der Waals surface area contributed by atoms with Crippen LogP contribution in [0.2, 0.25) is 0 Å². The second kappa shape index (κ2) is 7.00. The van der Waals surface area contributed by atoms with Crippen molar-refractivity contribution >= 4 is 23.4 Å². The number of carbonyl (C=O) groups is 1. The van der Waals surface area contributed by atoms with Crippen molar-refractivity contribution in [3.05, 3.63) is 42.0 Å². The Bertz CT molecular complexity index is 452. The number of carboxylic acid groups (broad SMARTS) is 1. The number of nitrogens with one attached hydrogen (secondary N) is 1. The zero-order chi connectivity index (χ0) is 13.5. The van der Waals surface area contributed by atoms with Gasteiger partial charge in [0.2, 0.25) is 0 Å². The molecule has 0 aromatic heterocycles. The van der Waals surface area contributed by atoms with Crippen molar-refractivity contribution in [2.75, 3.05) is 23.4 Å². The molecule has 1 aromatic carbocycles. The molecule has 0 aliphatic rings. The molecule has 0 aliphatic carbocycles. The molecule has 0 bridgehead atoms. The predicted octanol–water partition coefficient (Wildman–Crippen LogP) is 2.99. The summed E-state index contributed by atoms with van der Waals surface area (Å²) in [6.45, 7) is 4.02. The van der Waals surface area contributed by atoms with Gasteiger partial charge in [0.15, 0.2) is 11.6 Å². The molecule has 1 rings (SSSR count). The smallest absolute Gasteiger partial charge is 0.338 e. The highest BCUT2D eigenvalue weighted by atomic mass is 32.2. The fourth-order valence-corrected chi connectivity index (χ4v) is 1.86. The first-order chi connectivity index (χ1) is 8.57. The number of anilines is 1. The number of hydrogen-bond acceptors (Lipinski definition) is 3. The molecule has 3 nitrogen and oxygen atoms in total. The molecule has 6 heteroatoms. The number of thioether (sulfide) groups is 1. The van der Waals surface area contributed by atoms with Crippen LogP contribution < -0.4 is 5.32 Å². The molecule has 0 saturated heterocycles. The van der Waals surface area contributed by atoms with Crippen molar-refractivity contribution in [3.8, 4) is 0 Å². The van der Waals surface area contributed by atoms with E-state index >= 15 is 0 Å². The number of halogens is 2. The molecule has 0 saturated carbocycles. The molecular weight excluding hydrogens is 260 g/mol. The minimum atomic E-state index is -1.49. The van der Waals surface area contributed by atoms with E-state index in [9.17, 15) is 13.6 Å². The van der Waals surface area contributed by atoms with Gasteiger partial charge in [-0.3, -0.25) is 0 Å². The molecule has 0 atom stereocenters. The first kappa shape index (κ1) is 14.5. The van der Waals surface area contributed by atoms with Crippen molar-refractivity contribution in [2.45, 2.75) is 0 Å². The van der Waals surface area contributed by atoms with Crippen molar-refractivity contribution in [1.29, 1.82) is 0 Å². The summed E-state index contributed by atoms with van der Waals surface area (Å²) >= 11 is 1.60. The van der Waals surface area contributed by atoms with Gasteiger partial charge in [-0.15, -0.1) is 6.58 Å². The average Bonchev–Trinajstić information content (AvgIpc) is 2.33. The molecule has 0 heterocycles. The molecule has 0 unspecified atom stereocenters. The third kappa shape index (κ3) is 3.73. The normalized spacial score (nSPS) is 10.1. The Kier molecular flexibility index (Phi) is 5.64. The van der Waals surface area contributed by atoms with Crippen molar-refractivity contribution < 1.29 is 18.7 Å². The Morgan fingerprint density at radius 1 is 1.44 bits per heavy atom. The second-order valence-corrected chi connectivity index (χ2v) is 4.53. The van der Waals surface area contributed by atoms with Crippen LogP contribution in [0.15, 0.2) is 24.8 Å². The van der Waals surface area contributed by atoms with Crippen LogP contribution >= 0.6 is 11.8 Å². The maximum atomic E-state index is 13.5. The Morgan fingerprint density at radius 3 is 2.78 bits per heavy atom. The lowest BCUT2D eigenvalue weighted by molar-refractivity contribution is 0.0690. The van der Waals surface area contributed by atoms with Gasteiger partial charge in [0, 0.05) is 18.1 Å². The van der Waals surface area contributed by atoms with Crippen LogP contribution in [0.25, 0.3) is 0 Å². The van der Waals surface area contributed by atoms with Crippen LogP contribution in [0, 0.1) is 11.6 Å². The lowest BCUT2D eigenvalue weighted by Crippen LogP contribution is -2.09. The van der Waals surface area contributed by atoms with Crippen LogP contribution in [0.3, 0.4) is 0 Å². The molecule has 0 aliphatic heterocycles. The van der Waals surface area contributed by atoms with E-state index in [1.54, 1.807) is 17.8 Å². The maximum Gasteiger partial charge on any atom is 0.338 e. The Balaban J connectivity index is 2.65. The van der Waals surface area contributed by atoms with Gasteiger partial charge in [0.05, 0.1) is 11.3 Å². The standard InChI is InChI=1S/C12H13F2NO2S/c1-2-6-18-7-5-15-9-4-3-8(12(16)17)10(13)11(9)14/h2-4,15H,1,5-7H2,(H,16,17). The lowest BCUT2D eigenvalue weighted by Gasteiger charge is -2.08. The van der Waals surface area contributed by atoms with Crippen LogP contribution in [-0.2, 0) is 0 Å². The molecule has 0 amide bonds. The summed E-state index contributed by atoms with van der Waals surface area (Å²) in [5.41, 5.74) is -0.698. The maximum absolute atomic E-state index is 13.5. The van der Waals surface area contributed by atoms with Crippen molar-refractivity contribution in [1.82, 2.24) is 0 Å². The van der Waals surface area contributed by atoms with Crippen LogP contribution in [-0.4, -0.2) is 29.1 Å². The van der Waals surface area contributed by atoms with Gasteiger partial charge in [-0.2, -0.15) is 11.8 Å². The fraction of sp³-hybridized carbons (Fsp3) is 0.250. The Labute approximate surface area is 108 Å². The number of carboxylic acids is 1. The molecule has 18 heavy (non-hydrogen) atoms. The predicted molar refractivity (Wildman–Crippen MR) is 69.3 cm³/mol. The summed E-state index contributed by atoms with van der Waals surface area (Å²) in [5.74, 6) is -2.49. The molecule has 0 spiro atoms. The number of aromatic carboxylic acids is 1. The minimum absolute atomic E-state index is 0.0308. The second-order valence-electron chi connectivity index (χ2n) is 3.38. The van der Waals surface area contributed by atoms with E-state index in [0.29, 0.717) is 12.3 Å².